The molecule has 0 saturated carbocycles. The number of carbonyl (C=O) groups is 1. The van der Waals surface area contributed by atoms with E-state index in [-0.39, 0.29) is 12.5 Å². The minimum Gasteiger partial charge on any atom is -0.372 e. The van der Waals surface area contributed by atoms with E-state index in [0.29, 0.717) is 6.61 Å². The highest BCUT2D eigenvalue weighted by Gasteiger charge is 1.99. The Labute approximate surface area is 97.3 Å². The van der Waals surface area contributed by atoms with E-state index in [1.54, 1.807) is 0 Å². The van der Waals surface area contributed by atoms with Crippen LogP contribution in [0, 0.1) is 0 Å². The first kappa shape index (κ1) is 14.8. The summed E-state index contributed by atoms with van der Waals surface area (Å²) in [5.74, 6) is 1.22. The van der Waals surface area contributed by atoms with Crippen LogP contribution >= 0.6 is 11.8 Å². The van der Waals surface area contributed by atoms with Gasteiger partial charge in [-0.15, -0.1) is 0 Å². The normalized spacial score (nSPS) is 10.3. The van der Waals surface area contributed by atoms with Gasteiger partial charge in [-0.25, -0.2) is 0 Å². The number of ether oxygens (including phenoxy) is 1. The summed E-state index contributed by atoms with van der Waals surface area (Å²) in [7, 11) is 0. The average Bonchev–Trinajstić information content (AvgIpc) is 2.23. The van der Waals surface area contributed by atoms with E-state index < -0.39 is 0 Å². The molecule has 1 amide bonds. The lowest BCUT2D eigenvalue weighted by molar-refractivity contribution is -0.125. The summed E-state index contributed by atoms with van der Waals surface area (Å²) in [6, 6.07) is 0. The van der Waals surface area contributed by atoms with E-state index in [9.17, 15) is 4.79 Å². The van der Waals surface area contributed by atoms with Crippen molar-refractivity contribution in [2.45, 2.75) is 32.6 Å². The van der Waals surface area contributed by atoms with Crippen LogP contribution in [0.15, 0.2) is 0 Å². The molecule has 15 heavy (non-hydrogen) atoms. The van der Waals surface area contributed by atoms with Crippen molar-refractivity contribution in [1.29, 1.82) is 0 Å². The maximum atomic E-state index is 11.2. The van der Waals surface area contributed by atoms with Crippen LogP contribution in [-0.2, 0) is 9.53 Å². The van der Waals surface area contributed by atoms with Crippen molar-refractivity contribution in [2.24, 2.45) is 0 Å². The molecule has 0 unspecified atom stereocenters. The fraction of sp³-hybridized carbons (Fsp3) is 0.909. The molecule has 0 heterocycles. The van der Waals surface area contributed by atoms with Crippen molar-refractivity contribution in [1.82, 2.24) is 5.32 Å². The molecule has 1 N–H and O–H groups in total. The minimum absolute atomic E-state index is 0.00770. The molecule has 0 fully saturated rings. The smallest absolute Gasteiger partial charge is 0.245 e. The van der Waals surface area contributed by atoms with Crippen LogP contribution in [0.3, 0.4) is 0 Å². The highest BCUT2D eigenvalue weighted by molar-refractivity contribution is 7.98. The standard InChI is InChI=1S/C11H23NO2S/c1-3-8-14-10-11(13)12-7-5-4-6-9-15-2/h3-10H2,1-2H3,(H,12,13). The fourth-order valence-electron chi connectivity index (χ4n) is 1.14. The second-order valence-electron chi connectivity index (χ2n) is 3.46. The number of rotatable bonds is 10. The molecule has 0 bridgehead atoms. The van der Waals surface area contributed by atoms with Crippen LogP contribution in [0.25, 0.3) is 0 Å². The number of amides is 1. The summed E-state index contributed by atoms with van der Waals surface area (Å²) in [4.78, 5) is 11.2. The van der Waals surface area contributed by atoms with Crippen molar-refractivity contribution >= 4 is 17.7 Å². The molecular weight excluding hydrogens is 210 g/mol. The van der Waals surface area contributed by atoms with Crippen LogP contribution in [0.4, 0.5) is 0 Å². The molecule has 0 aromatic carbocycles. The molecule has 0 aliphatic heterocycles. The van der Waals surface area contributed by atoms with E-state index in [2.05, 4.69) is 11.6 Å². The van der Waals surface area contributed by atoms with Gasteiger partial charge in [-0.3, -0.25) is 4.79 Å². The van der Waals surface area contributed by atoms with E-state index in [1.165, 1.54) is 18.6 Å². The third-order valence-corrected chi connectivity index (χ3v) is 2.63. The predicted molar refractivity (Wildman–Crippen MR) is 66.4 cm³/mol. The van der Waals surface area contributed by atoms with E-state index in [1.807, 2.05) is 18.7 Å². The number of unbranched alkanes of at least 4 members (excludes halogenated alkanes) is 2. The molecule has 3 nitrogen and oxygen atoms in total. The van der Waals surface area contributed by atoms with Gasteiger partial charge in [0.1, 0.15) is 6.61 Å². The minimum atomic E-state index is 0.00770. The van der Waals surface area contributed by atoms with Crippen LogP contribution < -0.4 is 5.32 Å². The maximum absolute atomic E-state index is 11.2. The van der Waals surface area contributed by atoms with Gasteiger partial charge in [-0.05, 0) is 31.3 Å². The van der Waals surface area contributed by atoms with Crippen LogP contribution in [0.5, 0.6) is 0 Å². The van der Waals surface area contributed by atoms with Gasteiger partial charge in [0.2, 0.25) is 5.91 Å². The summed E-state index contributed by atoms with van der Waals surface area (Å²) in [5, 5.41) is 2.85. The quantitative estimate of drug-likeness (QED) is 0.587. The molecular formula is C11H23NO2S. The summed E-state index contributed by atoms with van der Waals surface area (Å²) in [5.41, 5.74) is 0. The molecule has 0 spiro atoms. The molecule has 0 atom stereocenters. The van der Waals surface area contributed by atoms with Crippen molar-refractivity contribution in [3.8, 4) is 0 Å². The molecule has 0 aliphatic rings. The Balaban J connectivity index is 3.10. The summed E-state index contributed by atoms with van der Waals surface area (Å²) in [6.07, 6.45) is 6.58. The van der Waals surface area contributed by atoms with Crippen LogP contribution in [0.2, 0.25) is 0 Å². The SMILES string of the molecule is CCCOCC(=O)NCCCCCSC. The fourth-order valence-corrected chi connectivity index (χ4v) is 1.63. The highest BCUT2D eigenvalue weighted by atomic mass is 32.2. The largest absolute Gasteiger partial charge is 0.372 e. The molecule has 0 rings (SSSR count). The lowest BCUT2D eigenvalue weighted by Gasteiger charge is -2.05. The van der Waals surface area contributed by atoms with Gasteiger partial charge in [0, 0.05) is 13.2 Å². The zero-order valence-electron chi connectivity index (χ0n) is 9.88. The summed E-state index contributed by atoms with van der Waals surface area (Å²) < 4.78 is 5.12. The van der Waals surface area contributed by atoms with Crippen molar-refractivity contribution in [2.75, 3.05) is 31.8 Å². The molecule has 0 radical (unpaired) electrons. The van der Waals surface area contributed by atoms with Gasteiger partial charge in [0.15, 0.2) is 0 Å². The lowest BCUT2D eigenvalue weighted by atomic mass is 10.2. The number of hydrogen-bond acceptors (Lipinski definition) is 3. The zero-order chi connectivity index (χ0) is 11.4. The maximum Gasteiger partial charge on any atom is 0.245 e. The number of nitrogens with one attached hydrogen (secondary N) is 1. The lowest BCUT2D eigenvalue weighted by Crippen LogP contribution is -2.28. The average molecular weight is 233 g/mol. The number of thioether (sulfide) groups is 1. The first-order valence-corrected chi connectivity index (χ1v) is 7.04. The van der Waals surface area contributed by atoms with Crippen LogP contribution in [-0.4, -0.2) is 37.7 Å². The van der Waals surface area contributed by atoms with Gasteiger partial charge >= 0.3 is 0 Å². The third kappa shape index (κ3) is 11.7. The van der Waals surface area contributed by atoms with E-state index in [0.717, 1.165) is 19.4 Å². The number of carbonyl (C=O) groups excluding carboxylic acids is 1. The van der Waals surface area contributed by atoms with Crippen LogP contribution in [0.1, 0.15) is 32.6 Å². The molecule has 4 heteroatoms. The Morgan fingerprint density at radius 1 is 1.33 bits per heavy atom. The first-order chi connectivity index (χ1) is 7.31. The van der Waals surface area contributed by atoms with Gasteiger partial charge < -0.3 is 10.1 Å². The topological polar surface area (TPSA) is 38.3 Å². The Bertz CT molecular complexity index is 154. The predicted octanol–water partition coefficient (Wildman–Crippen LogP) is 2.06. The highest BCUT2D eigenvalue weighted by Crippen LogP contribution is 2.01. The van der Waals surface area contributed by atoms with Crippen molar-refractivity contribution in [3.63, 3.8) is 0 Å². The Morgan fingerprint density at radius 2 is 2.13 bits per heavy atom. The Morgan fingerprint density at radius 3 is 2.80 bits per heavy atom. The van der Waals surface area contributed by atoms with E-state index in [4.69, 9.17) is 4.74 Å². The molecule has 0 aliphatic carbocycles. The second kappa shape index (κ2) is 11.9. The number of hydrogen-bond donors (Lipinski definition) is 1. The van der Waals surface area contributed by atoms with Gasteiger partial charge in [-0.1, -0.05) is 13.3 Å². The van der Waals surface area contributed by atoms with Gasteiger partial charge in [0.05, 0.1) is 0 Å². The summed E-state index contributed by atoms with van der Waals surface area (Å²) in [6.45, 7) is 3.69. The Hall–Kier alpha value is -0.220. The zero-order valence-corrected chi connectivity index (χ0v) is 10.7. The summed E-state index contributed by atoms with van der Waals surface area (Å²) >= 11 is 1.87. The van der Waals surface area contributed by atoms with Gasteiger partial charge in [0.25, 0.3) is 0 Å². The van der Waals surface area contributed by atoms with Crippen molar-refractivity contribution in [3.05, 3.63) is 0 Å². The molecule has 0 saturated heterocycles. The van der Waals surface area contributed by atoms with Gasteiger partial charge in [-0.2, -0.15) is 11.8 Å². The second-order valence-corrected chi connectivity index (χ2v) is 4.44. The van der Waals surface area contributed by atoms with Crippen molar-refractivity contribution < 1.29 is 9.53 Å². The van der Waals surface area contributed by atoms with E-state index >= 15 is 0 Å². The molecule has 0 aromatic heterocycles. The first-order valence-electron chi connectivity index (χ1n) is 5.64. The molecule has 0 aromatic rings. The Kier molecular flexibility index (Phi) is 11.7. The monoisotopic (exact) mass is 233 g/mol. The third-order valence-electron chi connectivity index (χ3n) is 1.93. The molecule has 90 valence electrons.